The Labute approximate surface area is 89.2 Å². The molecule has 0 fully saturated rings. The van der Waals surface area contributed by atoms with Crippen LogP contribution in [0.15, 0.2) is 12.3 Å². The predicted molar refractivity (Wildman–Crippen MR) is 55.2 cm³/mol. The third-order valence-corrected chi connectivity index (χ3v) is 2.08. The molecule has 0 amide bonds. The normalized spacial score (nSPS) is 10.5. The maximum atomic E-state index is 5.77. The van der Waals surface area contributed by atoms with Crippen LogP contribution in [-0.2, 0) is 0 Å². The molecule has 3 N–H and O–H groups in total. The summed E-state index contributed by atoms with van der Waals surface area (Å²) in [6.07, 6.45) is 1.50. The van der Waals surface area contributed by atoms with E-state index in [0.29, 0.717) is 22.0 Å². The van der Waals surface area contributed by atoms with E-state index < -0.39 is 0 Å². The minimum absolute atomic E-state index is 0.198. The Bertz CT molecular complexity index is 487. The van der Waals surface area contributed by atoms with Gasteiger partial charge < -0.3 is 5.43 Å². The van der Waals surface area contributed by atoms with Gasteiger partial charge in [-0.05, 0) is 0 Å². The summed E-state index contributed by atoms with van der Waals surface area (Å²) in [7, 11) is 0. The number of hydrazine groups is 1. The summed E-state index contributed by atoms with van der Waals surface area (Å²) in [6, 6.07) is 1.58. The summed E-state index contributed by atoms with van der Waals surface area (Å²) >= 11 is 11.5. The summed E-state index contributed by atoms with van der Waals surface area (Å²) in [5.41, 5.74) is 3.49. The standard InChI is InChI=1S/C7H5Cl2N5/c8-5-1-3-4(2-11-5)12-6(9)7(13-3)14-10/h1-2H,10H2,(H,13,14). The molecular weight excluding hydrogens is 225 g/mol. The van der Waals surface area contributed by atoms with Crippen molar-refractivity contribution < 1.29 is 0 Å². The molecule has 0 saturated carbocycles. The number of nitrogens with two attached hydrogens (primary N) is 1. The lowest BCUT2D eigenvalue weighted by Gasteiger charge is -2.03. The monoisotopic (exact) mass is 229 g/mol. The zero-order valence-corrected chi connectivity index (χ0v) is 8.34. The molecule has 0 saturated heterocycles. The molecule has 2 heterocycles. The van der Waals surface area contributed by atoms with Crippen LogP contribution in [0.3, 0.4) is 0 Å². The second kappa shape index (κ2) is 3.53. The highest BCUT2D eigenvalue weighted by molar-refractivity contribution is 6.32. The van der Waals surface area contributed by atoms with E-state index >= 15 is 0 Å². The fourth-order valence-electron chi connectivity index (χ4n) is 1.01. The zero-order valence-electron chi connectivity index (χ0n) is 6.83. The molecule has 2 aromatic rings. The molecule has 0 aliphatic carbocycles. The van der Waals surface area contributed by atoms with Crippen LogP contribution in [0.25, 0.3) is 11.0 Å². The van der Waals surface area contributed by atoms with Crippen molar-refractivity contribution in [2.45, 2.75) is 0 Å². The first-order chi connectivity index (χ1) is 6.70. The molecule has 0 spiro atoms. The SMILES string of the molecule is NNc1nc2cc(Cl)ncc2nc1Cl. The fourth-order valence-corrected chi connectivity index (χ4v) is 1.35. The van der Waals surface area contributed by atoms with Gasteiger partial charge in [0.2, 0.25) is 0 Å². The van der Waals surface area contributed by atoms with Crippen LogP contribution in [0.5, 0.6) is 0 Å². The Morgan fingerprint density at radius 3 is 2.71 bits per heavy atom. The first-order valence-electron chi connectivity index (χ1n) is 3.66. The third kappa shape index (κ3) is 1.57. The first kappa shape index (κ1) is 9.39. The third-order valence-electron chi connectivity index (χ3n) is 1.61. The first-order valence-corrected chi connectivity index (χ1v) is 4.41. The Morgan fingerprint density at radius 2 is 2.00 bits per heavy atom. The summed E-state index contributed by atoms with van der Waals surface area (Å²) in [5, 5.41) is 0.543. The van der Waals surface area contributed by atoms with Crippen LogP contribution in [-0.4, -0.2) is 15.0 Å². The van der Waals surface area contributed by atoms with E-state index in [4.69, 9.17) is 29.0 Å². The van der Waals surface area contributed by atoms with Crippen LogP contribution in [0, 0.1) is 0 Å². The second-order valence-corrected chi connectivity index (χ2v) is 3.25. The molecule has 72 valence electrons. The second-order valence-electron chi connectivity index (χ2n) is 2.50. The van der Waals surface area contributed by atoms with Crippen molar-refractivity contribution in [3.05, 3.63) is 22.6 Å². The molecule has 14 heavy (non-hydrogen) atoms. The van der Waals surface area contributed by atoms with Crippen LogP contribution in [0.4, 0.5) is 5.82 Å². The molecule has 0 radical (unpaired) electrons. The smallest absolute Gasteiger partial charge is 0.178 e. The van der Waals surface area contributed by atoms with Gasteiger partial charge in [-0.1, -0.05) is 23.2 Å². The van der Waals surface area contributed by atoms with Crippen LogP contribution < -0.4 is 11.3 Å². The quantitative estimate of drug-likeness (QED) is 0.442. The van der Waals surface area contributed by atoms with Crippen LogP contribution in [0.2, 0.25) is 10.3 Å². The van der Waals surface area contributed by atoms with Gasteiger partial charge in [0.1, 0.15) is 10.7 Å². The molecule has 5 nitrogen and oxygen atoms in total. The van der Waals surface area contributed by atoms with Crippen molar-refractivity contribution in [2.24, 2.45) is 5.84 Å². The number of nitrogen functional groups attached to an aromatic ring is 1. The van der Waals surface area contributed by atoms with Gasteiger partial charge in [-0.25, -0.2) is 20.8 Å². The van der Waals surface area contributed by atoms with Crippen molar-refractivity contribution in [1.29, 1.82) is 0 Å². The minimum Gasteiger partial charge on any atom is -0.306 e. The number of nitrogens with zero attached hydrogens (tertiary/aromatic N) is 3. The molecule has 0 unspecified atom stereocenters. The lowest BCUT2D eigenvalue weighted by molar-refractivity contribution is 1.20. The molecule has 0 bridgehead atoms. The number of pyridine rings is 1. The average Bonchev–Trinajstić information content (AvgIpc) is 2.17. The molecule has 2 rings (SSSR count). The van der Waals surface area contributed by atoms with Gasteiger partial charge in [0.05, 0.1) is 11.7 Å². The maximum absolute atomic E-state index is 5.77. The molecule has 0 atom stereocenters. The van der Waals surface area contributed by atoms with Gasteiger partial charge in [0.15, 0.2) is 11.0 Å². The Balaban J connectivity index is 2.73. The van der Waals surface area contributed by atoms with Crippen molar-refractivity contribution in [2.75, 3.05) is 5.43 Å². The van der Waals surface area contributed by atoms with E-state index in [-0.39, 0.29) is 5.15 Å². The van der Waals surface area contributed by atoms with Crippen molar-refractivity contribution in [3.8, 4) is 0 Å². The highest BCUT2D eigenvalue weighted by atomic mass is 35.5. The number of rotatable bonds is 1. The number of nitrogens with one attached hydrogen (secondary N) is 1. The Kier molecular flexibility index (Phi) is 2.37. The number of hydrogen-bond donors (Lipinski definition) is 2. The zero-order chi connectivity index (χ0) is 10.1. The molecule has 0 aliphatic rings. The van der Waals surface area contributed by atoms with Gasteiger partial charge in [-0.15, -0.1) is 0 Å². The summed E-state index contributed by atoms with van der Waals surface area (Å²) in [4.78, 5) is 12.0. The van der Waals surface area contributed by atoms with E-state index in [2.05, 4.69) is 20.4 Å². The highest BCUT2D eigenvalue weighted by Crippen LogP contribution is 2.21. The van der Waals surface area contributed by atoms with Crippen LogP contribution in [0.1, 0.15) is 0 Å². The highest BCUT2D eigenvalue weighted by Gasteiger charge is 2.05. The van der Waals surface area contributed by atoms with E-state index in [0.717, 1.165) is 0 Å². The van der Waals surface area contributed by atoms with Crippen LogP contribution >= 0.6 is 23.2 Å². The largest absolute Gasteiger partial charge is 0.306 e. The van der Waals surface area contributed by atoms with Crippen molar-refractivity contribution >= 4 is 40.1 Å². The molecule has 2 aromatic heterocycles. The van der Waals surface area contributed by atoms with Gasteiger partial charge in [0, 0.05) is 6.07 Å². The van der Waals surface area contributed by atoms with Gasteiger partial charge in [-0.3, -0.25) is 0 Å². The summed E-state index contributed by atoms with van der Waals surface area (Å²) in [5.74, 6) is 5.50. The van der Waals surface area contributed by atoms with E-state index in [1.807, 2.05) is 0 Å². The van der Waals surface area contributed by atoms with E-state index in [1.54, 1.807) is 6.07 Å². The number of halogens is 2. The number of hydrogen-bond acceptors (Lipinski definition) is 5. The molecule has 7 heteroatoms. The van der Waals surface area contributed by atoms with Crippen molar-refractivity contribution in [1.82, 2.24) is 15.0 Å². The topological polar surface area (TPSA) is 76.7 Å². The Hall–Kier alpha value is -1.17. The number of fused-ring (bicyclic) bond motifs is 1. The molecular formula is C7H5Cl2N5. The molecule has 0 aromatic carbocycles. The Morgan fingerprint density at radius 1 is 1.21 bits per heavy atom. The van der Waals surface area contributed by atoms with E-state index in [1.165, 1.54) is 6.20 Å². The van der Waals surface area contributed by atoms with Gasteiger partial charge >= 0.3 is 0 Å². The fraction of sp³-hybridized carbons (Fsp3) is 0. The average molecular weight is 230 g/mol. The van der Waals surface area contributed by atoms with E-state index in [9.17, 15) is 0 Å². The van der Waals surface area contributed by atoms with Gasteiger partial charge in [-0.2, -0.15) is 0 Å². The number of aromatic nitrogens is 3. The lowest BCUT2D eigenvalue weighted by Crippen LogP contribution is -2.09. The minimum atomic E-state index is 0.198. The lowest BCUT2D eigenvalue weighted by atomic mass is 10.4. The molecule has 0 aliphatic heterocycles. The summed E-state index contributed by atoms with van der Waals surface area (Å²) < 4.78 is 0. The number of anilines is 1. The van der Waals surface area contributed by atoms with Gasteiger partial charge in [0.25, 0.3) is 0 Å². The summed E-state index contributed by atoms with van der Waals surface area (Å²) in [6.45, 7) is 0. The van der Waals surface area contributed by atoms with Crippen molar-refractivity contribution in [3.63, 3.8) is 0 Å². The predicted octanol–water partition coefficient (Wildman–Crippen LogP) is 1.62. The maximum Gasteiger partial charge on any atom is 0.178 e.